The fraction of sp³-hybridized carbons (Fsp3) is 0.350. The molecule has 1 unspecified atom stereocenters. The zero-order chi connectivity index (χ0) is 19.1. The summed E-state index contributed by atoms with van der Waals surface area (Å²) < 4.78 is 13.6. The van der Waals surface area contributed by atoms with Crippen LogP contribution in [0.15, 0.2) is 48.5 Å². The van der Waals surface area contributed by atoms with Gasteiger partial charge < -0.3 is 15.1 Å². The predicted octanol–water partition coefficient (Wildman–Crippen LogP) is 3.55. The molecule has 0 bridgehead atoms. The molecule has 0 radical (unpaired) electrons. The first kappa shape index (κ1) is 20.2. The molecular formula is C20H25ClFN3O. The summed E-state index contributed by atoms with van der Waals surface area (Å²) in [5.74, 6) is -0.554. The Balaban J connectivity index is 2.21. The predicted molar refractivity (Wildman–Crippen MR) is 105 cm³/mol. The number of rotatable bonds is 8. The molecule has 4 nitrogen and oxygen atoms in total. The molecule has 26 heavy (non-hydrogen) atoms. The van der Waals surface area contributed by atoms with Crippen LogP contribution >= 0.6 is 11.6 Å². The van der Waals surface area contributed by atoms with Crippen molar-refractivity contribution in [2.75, 3.05) is 32.1 Å². The molecule has 0 aromatic heterocycles. The van der Waals surface area contributed by atoms with E-state index in [2.05, 4.69) is 5.32 Å². The van der Waals surface area contributed by atoms with Crippen LogP contribution in [0.3, 0.4) is 0 Å². The van der Waals surface area contributed by atoms with E-state index in [1.54, 1.807) is 12.1 Å². The van der Waals surface area contributed by atoms with Gasteiger partial charge in [0.05, 0.1) is 5.02 Å². The smallest absolute Gasteiger partial charge is 0.242 e. The van der Waals surface area contributed by atoms with Crippen LogP contribution in [-0.2, 0) is 11.3 Å². The Hall–Kier alpha value is -2.11. The standard InChI is InChI=1S/C20H25ClFN3O/c1-15(20(26)23-11-12-24(2)3)25(14-16-7-5-4-6-8-16)17-9-10-19(22)18(21)13-17/h4-10,13,15H,11-12,14H2,1-3H3,(H,23,26). The number of carbonyl (C=O) groups is 1. The van der Waals surface area contributed by atoms with Crippen molar-refractivity contribution in [1.82, 2.24) is 10.2 Å². The van der Waals surface area contributed by atoms with Crippen molar-refractivity contribution in [3.05, 3.63) is 64.9 Å². The van der Waals surface area contributed by atoms with Gasteiger partial charge in [0.1, 0.15) is 11.9 Å². The van der Waals surface area contributed by atoms with Crippen molar-refractivity contribution in [2.24, 2.45) is 0 Å². The Morgan fingerprint density at radius 2 is 1.88 bits per heavy atom. The van der Waals surface area contributed by atoms with Gasteiger partial charge in [-0.1, -0.05) is 41.9 Å². The third-order valence-electron chi connectivity index (χ3n) is 4.14. The van der Waals surface area contributed by atoms with Gasteiger partial charge in [-0.3, -0.25) is 4.79 Å². The molecule has 0 saturated carbocycles. The molecule has 2 aromatic carbocycles. The van der Waals surface area contributed by atoms with Gasteiger partial charge >= 0.3 is 0 Å². The average Bonchev–Trinajstić information content (AvgIpc) is 2.62. The number of anilines is 1. The minimum absolute atomic E-state index is 0.0424. The van der Waals surface area contributed by atoms with Crippen LogP contribution in [0.1, 0.15) is 12.5 Å². The second-order valence-electron chi connectivity index (χ2n) is 6.48. The molecular weight excluding hydrogens is 353 g/mol. The Labute approximate surface area is 159 Å². The summed E-state index contributed by atoms with van der Waals surface area (Å²) in [6.45, 7) is 3.69. The number of nitrogens with zero attached hydrogens (tertiary/aromatic N) is 2. The SMILES string of the molecule is CC(C(=O)NCCN(C)C)N(Cc1ccccc1)c1ccc(F)c(Cl)c1. The van der Waals surface area contributed by atoms with Crippen molar-refractivity contribution in [3.8, 4) is 0 Å². The van der Waals surface area contributed by atoms with Gasteiger partial charge in [0.25, 0.3) is 0 Å². The van der Waals surface area contributed by atoms with E-state index in [9.17, 15) is 9.18 Å². The minimum Gasteiger partial charge on any atom is -0.355 e. The molecule has 0 aliphatic heterocycles. The second-order valence-corrected chi connectivity index (χ2v) is 6.89. The van der Waals surface area contributed by atoms with Gasteiger partial charge in [0.2, 0.25) is 5.91 Å². The zero-order valence-corrected chi connectivity index (χ0v) is 16.1. The van der Waals surface area contributed by atoms with Crippen LogP contribution in [0.4, 0.5) is 10.1 Å². The van der Waals surface area contributed by atoms with Crippen molar-refractivity contribution in [1.29, 1.82) is 0 Å². The maximum Gasteiger partial charge on any atom is 0.242 e. The van der Waals surface area contributed by atoms with E-state index in [1.165, 1.54) is 6.07 Å². The lowest BCUT2D eigenvalue weighted by molar-refractivity contribution is -0.122. The van der Waals surface area contributed by atoms with Crippen LogP contribution in [0.2, 0.25) is 5.02 Å². The van der Waals surface area contributed by atoms with Crippen LogP contribution in [0.5, 0.6) is 0 Å². The van der Waals surface area contributed by atoms with Crippen LogP contribution in [0, 0.1) is 5.82 Å². The highest BCUT2D eigenvalue weighted by molar-refractivity contribution is 6.31. The van der Waals surface area contributed by atoms with Crippen LogP contribution in [-0.4, -0.2) is 44.0 Å². The highest BCUT2D eigenvalue weighted by Gasteiger charge is 2.22. The van der Waals surface area contributed by atoms with Gasteiger partial charge in [0.15, 0.2) is 0 Å². The molecule has 2 aromatic rings. The quantitative estimate of drug-likeness (QED) is 0.764. The summed E-state index contributed by atoms with van der Waals surface area (Å²) in [7, 11) is 3.91. The van der Waals surface area contributed by atoms with Gasteiger partial charge in [-0.2, -0.15) is 0 Å². The molecule has 0 heterocycles. The van der Waals surface area contributed by atoms with E-state index in [0.717, 1.165) is 12.1 Å². The number of halogens is 2. The van der Waals surface area contributed by atoms with Crippen molar-refractivity contribution in [2.45, 2.75) is 19.5 Å². The second kappa shape index (κ2) is 9.55. The number of carbonyl (C=O) groups excluding carboxylic acids is 1. The summed E-state index contributed by atoms with van der Waals surface area (Å²) in [6.07, 6.45) is 0. The maximum absolute atomic E-state index is 13.6. The zero-order valence-electron chi connectivity index (χ0n) is 15.4. The third-order valence-corrected chi connectivity index (χ3v) is 4.43. The Kier molecular flexibility index (Phi) is 7.42. The van der Waals surface area contributed by atoms with Gasteiger partial charge in [-0.05, 0) is 44.8 Å². The Bertz CT molecular complexity index is 724. The normalized spacial score (nSPS) is 12.1. The lowest BCUT2D eigenvalue weighted by Crippen LogP contribution is -2.46. The molecule has 0 fully saturated rings. The largest absolute Gasteiger partial charge is 0.355 e. The van der Waals surface area contributed by atoms with Gasteiger partial charge in [-0.15, -0.1) is 0 Å². The number of likely N-dealkylation sites (N-methyl/N-ethyl adjacent to an activating group) is 1. The summed E-state index contributed by atoms with van der Waals surface area (Å²) in [6, 6.07) is 13.9. The molecule has 0 saturated heterocycles. The summed E-state index contributed by atoms with van der Waals surface area (Å²) in [5, 5.41) is 2.99. The molecule has 2 rings (SSSR count). The molecule has 6 heteroatoms. The Morgan fingerprint density at radius 1 is 1.19 bits per heavy atom. The lowest BCUT2D eigenvalue weighted by Gasteiger charge is -2.31. The van der Waals surface area contributed by atoms with E-state index in [0.29, 0.717) is 18.8 Å². The van der Waals surface area contributed by atoms with Crippen LogP contribution < -0.4 is 10.2 Å². The topological polar surface area (TPSA) is 35.6 Å². The number of benzene rings is 2. The van der Waals surface area contributed by atoms with Crippen molar-refractivity contribution >= 4 is 23.2 Å². The van der Waals surface area contributed by atoms with E-state index in [-0.39, 0.29) is 10.9 Å². The minimum atomic E-state index is -0.474. The molecule has 0 spiro atoms. The van der Waals surface area contributed by atoms with E-state index in [1.807, 2.05) is 61.2 Å². The number of nitrogens with one attached hydrogen (secondary N) is 1. The van der Waals surface area contributed by atoms with E-state index in [4.69, 9.17) is 11.6 Å². The highest BCUT2D eigenvalue weighted by Crippen LogP contribution is 2.26. The number of hydrogen-bond acceptors (Lipinski definition) is 3. The highest BCUT2D eigenvalue weighted by atomic mass is 35.5. The monoisotopic (exact) mass is 377 g/mol. The van der Waals surface area contributed by atoms with Gasteiger partial charge in [-0.25, -0.2) is 4.39 Å². The summed E-state index contributed by atoms with van der Waals surface area (Å²) in [4.78, 5) is 16.5. The first-order chi connectivity index (χ1) is 12.4. The van der Waals surface area contributed by atoms with Crippen molar-refractivity contribution in [3.63, 3.8) is 0 Å². The van der Waals surface area contributed by atoms with E-state index < -0.39 is 11.9 Å². The first-order valence-electron chi connectivity index (χ1n) is 8.56. The number of amides is 1. The molecule has 140 valence electrons. The summed E-state index contributed by atoms with van der Waals surface area (Å²) in [5.41, 5.74) is 1.76. The summed E-state index contributed by atoms with van der Waals surface area (Å²) >= 11 is 5.96. The lowest BCUT2D eigenvalue weighted by atomic mass is 10.1. The molecule has 0 aliphatic carbocycles. The molecule has 0 aliphatic rings. The molecule has 1 atom stereocenters. The Morgan fingerprint density at radius 3 is 2.50 bits per heavy atom. The fourth-order valence-electron chi connectivity index (χ4n) is 2.59. The maximum atomic E-state index is 13.6. The third kappa shape index (κ3) is 5.71. The van der Waals surface area contributed by atoms with Crippen molar-refractivity contribution < 1.29 is 9.18 Å². The fourth-order valence-corrected chi connectivity index (χ4v) is 2.76. The number of hydrogen-bond donors (Lipinski definition) is 1. The molecule has 1 N–H and O–H groups in total. The van der Waals surface area contributed by atoms with Crippen LogP contribution in [0.25, 0.3) is 0 Å². The van der Waals surface area contributed by atoms with Gasteiger partial charge in [0, 0.05) is 25.3 Å². The molecule has 1 amide bonds. The van der Waals surface area contributed by atoms with E-state index >= 15 is 0 Å². The average molecular weight is 378 g/mol. The first-order valence-corrected chi connectivity index (χ1v) is 8.94.